The first kappa shape index (κ1) is 14.8. The molecule has 0 bridgehead atoms. The first-order valence-electron chi connectivity index (χ1n) is 7.19. The number of aryl methyl sites for hydroxylation is 2. The van der Waals surface area contributed by atoms with Gasteiger partial charge in [-0.25, -0.2) is 4.68 Å². The summed E-state index contributed by atoms with van der Waals surface area (Å²) in [6.07, 6.45) is 4.07. The number of hydrogen-bond acceptors (Lipinski definition) is 1. The highest BCUT2D eigenvalue weighted by atomic mass is 79.9. The molecule has 0 atom stereocenters. The first-order valence-corrected chi connectivity index (χ1v) is 7.99. The number of benzene rings is 2. The Labute approximate surface area is 139 Å². The van der Waals surface area contributed by atoms with E-state index in [9.17, 15) is 0 Å². The maximum Gasteiger partial charge on any atom is 0.0747 e. The molecule has 0 saturated carbocycles. The van der Waals surface area contributed by atoms with Crippen molar-refractivity contribution >= 4 is 28.2 Å². The zero-order valence-corrected chi connectivity index (χ0v) is 14.2. The molecule has 0 fully saturated rings. The Hall–Kier alpha value is -2.13. The normalized spacial score (nSPS) is 11.2. The van der Waals surface area contributed by atoms with Crippen LogP contribution in [0.5, 0.6) is 0 Å². The molecule has 110 valence electrons. The molecule has 0 spiro atoms. The fraction of sp³-hybridized carbons (Fsp3) is 0.105. The third-order valence-corrected chi connectivity index (χ3v) is 4.12. The Kier molecular flexibility index (Phi) is 4.25. The predicted octanol–water partition coefficient (Wildman–Crippen LogP) is 5.56. The number of hydrogen-bond donors (Lipinski definition) is 0. The van der Waals surface area contributed by atoms with Crippen molar-refractivity contribution < 1.29 is 0 Å². The number of rotatable bonds is 3. The summed E-state index contributed by atoms with van der Waals surface area (Å²) in [5.74, 6) is 0. The lowest BCUT2D eigenvalue weighted by atomic mass is 10.1. The van der Waals surface area contributed by atoms with Crippen LogP contribution in [0.4, 0.5) is 0 Å². The zero-order valence-electron chi connectivity index (χ0n) is 12.6. The van der Waals surface area contributed by atoms with Crippen molar-refractivity contribution in [1.82, 2.24) is 9.78 Å². The summed E-state index contributed by atoms with van der Waals surface area (Å²) in [5, 5.41) is 4.57. The van der Waals surface area contributed by atoms with Gasteiger partial charge >= 0.3 is 0 Å². The lowest BCUT2D eigenvalue weighted by Crippen LogP contribution is -1.93. The molecule has 0 unspecified atom stereocenters. The van der Waals surface area contributed by atoms with Crippen LogP contribution in [0.1, 0.15) is 16.8 Å². The summed E-state index contributed by atoms with van der Waals surface area (Å²) >= 11 is 3.66. The molecule has 1 heterocycles. The Balaban J connectivity index is 2.01. The summed E-state index contributed by atoms with van der Waals surface area (Å²) in [5.41, 5.74) is 5.61. The maximum absolute atomic E-state index is 4.57. The van der Waals surface area contributed by atoms with E-state index in [1.165, 1.54) is 5.56 Å². The third-order valence-electron chi connectivity index (χ3n) is 3.47. The van der Waals surface area contributed by atoms with Crippen molar-refractivity contribution in [2.75, 3.05) is 0 Å². The topological polar surface area (TPSA) is 17.8 Å². The molecule has 2 nitrogen and oxygen atoms in total. The van der Waals surface area contributed by atoms with Crippen LogP contribution in [0.15, 0.2) is 59.1 Å². The molecular formula is C19H17BrN2. The first-order chi connectivity index (χ1) is 10.6. The van der Waals surface area contributed by atoms with E-state index in [-0.39, 0.29) is 0 Å². The van der Waals surface area contributed by atoms with Gasteiger partial charge in [0, 0.05) is 16.2 Å². The Morgan fingerprint density at radius 2 is 1.77 bits per heavy atom. The predicted molar refractivity (Wildman–Crippen MR) is 96.5 cm³/mol. The second kappa shape index (κ2) is 6.32. The van der Waals surface area contributed by atoms with E-state index in [1.807, 2.05) is 36.0 Å². The minimum atomic E-state index is 1.00. The van der Waals surface area contributed by atoms with Crippen molar-refractivity contribution in [2.24, 2.45) is 0 Å². The van der Waals surface area contributed by atoms with Crippen molar-refractivity contribution in [3.8, 4) is 11.3 Å². The molecule has 0 saturated heterocycles. The van der Waals surface area contributed by atoms with Crippen LogP contribution in [0, 0.1) is 13.8 Å². The molecular weight excluding hydrogens is 336 g/mol. The summed E-state index contributed by atoms with van der Waals surface area (Å²) in [6, 6.07) is 18.7. The smallest absolute Gasteiger partial charge is 0.0747 e. The van der Waals surface area contributed by atoms with Gasteiger partial charge in [-0.15, -0.1) is 0 Å². The SMILES string of the molecule is Cc1ccc(-c2cc(C)nn2/C=C\c2ccccc2)c(Br)c1. The van der Waals surface area contributed by atoms with E-state index in [0.29, 0.717) is 0 Å². The van der Waals surface area contributed by atoms with Crippen molar-refractivity contribution in [1.29, 1.82) is 0 Å². The minimum Gasteiger partial charge on any atom is -0.240 e. The third kappa shape index (κ3) is 3.20. The molecule has 1 aromatic heterocycles. The van der Waals surface area contributed by atoms with Gasteiger partial charge in [0.2, 0.25) is 0 Å². The highest BCUT2D eigenvalue weighted by Gasteiger charge is 2.09. The molecule has 22 heavy (non-hydrogen) atoms. The zero-order chi connectivity index (χ0) is 15.5. The Morgan fingerprint density at radius 3 is 2.50 bits per heavy atom. The van der Waals surface area contributed by atoms with E-state index in [4.69, 9.17) is 0 Å². The van der Waals surface area contributed by atoms with E-state index in [2.05, 4.69) is 70.4 Å². The molecule has 0 aliphatic heterocycles. The van der Waals surface area contributed by atoms with Crippen LogP contribution in [-0.2, 0) is 0 Å². The molecule has 0 amide bonds. The Bertz CT molecular complexity index is 817. The Morgan fingerprint density at radius 1 is 1.00 bits per heavy atom. The fourth-order valence-electron chi connectivity index (χ4n) is 2.38. The molecule has 3 aromatic rings. The quantitative estimate of drug-likeness (QED) is 0.603. The molecule has 0 aliphatic rings. The van der Waals surface area contributed by atoms with Crippen LogP contribution >= 0.6 is 15.9 Å². The summed E-state index contributed by atoms with van der Waals surface area (Å²) < 4.78 is 3.01. The van der Waals surface area contributed by atoms with Crippen LogP contribution in [0.3, 0.4) is 0 Å². The molecule has 3 heteroatoms. The van der Waals surface area contributed by atoms with Gasteiger partial charge in [0.1, 0.15) is 0 Å². The van der Waals surface area contributed by atoms with Crippen LogP contribution in [0.2, 0.25) is 0 Å². The van der Waals surface area contributed by atoms with Crippen LogP contribution in [0.25, 0.3) is 23.5 Å². The average molecular weight is 353 g/mol. The van der Waals surface area contributed by atoms with Crippen LogP contribution < -0.4 is 0 Å². The minimum absolute atomic E-state index is 1.00. The molecule has 0 N–H and O–H groups in total. The van der Waals surface area contributed by atoms with Gasteiger partial charge in [0.05, 0.1) is 11.4 Å². The van der Waals surface area contributed by atoms with Gasteiger partial charge in [-0.05, 0) is 43.2 Å². The lowest BCUT2D eigenvalue weighted by molar-refractivity contribution is 0.920. The summed E-state index contributed by atoms with van der Waals surface area (Å²) in [6.45, 7) is 4.10. The highest BCUT2D eigenvalue weighted by Crippen LogP contribution is 2.30. The van der Waals surface area contributed by atoms with Crippen molar-refractivity contribution in [3.05, 3.63) is 75.9 Å². The van der Waals surface area contributed by atoms with Gasteiger partial charge in [0.25, 0.3) is 0 Å². The second-order valence-corrected chi connectivity index (χ2v) is 6.18. The molecule has 3 rings (SSSR count). The lowest BCUT2D eigenvalue weighted by Gasteiger charge is -2.06. The van der Waals surface area contributed by atoms with Crippen molar-refractivity contribution in [3.63, 3.8) is 0 Å². The fourth-order valence-corrected chi connectivity index (χ4v) is 3.08. The summed E-state index contributed by atoms with van der Waals surface area (Å²) in [7, 11) is 0. The molecule has 0 aliphatic carbocycles. The molecule has 2 aromatic carbocycles. The monoisotopic (exact) mass is 352 g/mol. The van der Waals surface area contributed by atoms with Crippen LogP contribution in [-0.4, -0.2) is 9.78 Å². The number of aromatic nitrogens is 2. The van der Waals surface area contributed by atoms with E-state index in [1.54, 1.807) is 0 Å². The van der Waals surface area contributed by atoms with Gasteiger partial charge in [-0.3, -0.25) is 0 Å². The van der Waals surface area contributed by atoms with Gasteiger partial charge in [-0.2, -0.15) is 5.10 Å². The van der Waals surface area contributed by atoms with E-state index < -0.39 is 0 Å². The number of nitrogens with zero attached hydrogens (tertiary/aromatic N) is 2. The van der Waals surface area contributed by atoms with E-state index >= 15 is 0 Å². The number of halogens is 1. The molecule has 0 radical (unpaired) electrons. The standard InChI is InChI=1S/C19H17BrN2/c1-14-8-9-17(18(20)12-14)19-13-15(2)21-22(19)11-10-16-6-4-3-5-7-16/h3-13H,1-2H3/b11-10-. The van der Waals surface area contributed by atoms with Gasteiger partial charge in [-0.1, -0.05) is 58.4 Å². The van der Waals surface area contributed by atoms with Gasteiger partial charge in [0.15, 0.2) is 0 Å². The summed E-state index contributed by atoms with van der Waals surface area (Å²) in [4.78, 5) is 0. The highest BCUT2D eigenvalue weighted by molar-refractivity contribution is 9.10. The largest absolute Gasteiger partial charge is 0.240 e. The van der Waals surface area contributed by atoms with Gasteiger partial charge < -0.3 is 0 Å². The average Bonchev–Trinajstić information content (AvgIpc) is 2.87. The maximum atomic E-state index is 4.57. The van der Waals surface area contributed by atoms with Crippen molar-refractivity contribution in [2.45, 2.75) is 13.8 Å². The second-order valence-electron chi connectivity index (χ2n) is 5.33. The van der Waals surface area contributed by atoms with E-state index in [0.717, 1.165) is 27.0 Å².